The van der Waals surface area contributed by atoms with E-state index in [-0.39, 0.29) is 35.5 Å². The van der Waals surface area contributed by atoms with Crippen molar-refractivity contribution in [3.8, 4) is 0 Å². The van der Waals surface area contributed by atoms with Gasteiger partial charge in [0.2, 0.25) is 0 Å². The van der Waals surface area contributed by atoms with Crippen LogP contribution in [0.2, 0.25) is 0 Å². The second-order valence-corrected chi connectivity index (χ2v) is 10.0. The molecule has 5 nitrogen and oxygen atoms in total. The van der Waals surface area contributed by atoms with Crippen LogP contribution in [0.1, 0.15) is 100 Å². The summed E-state index contributed by atoms with van der Waals surface area (Å²) in [5, 5.41) is 10.3. The van der Waals surface area contributed by atoms with Crippen molar-refractivity contribution < 1.29 is 9.59 Å². The minimum Gasteiger partial charge on any atom is -0.315 e. The fourth-order valence-electron chi connectivity index (χ4n) is 3.71. The fraction of sp³-hybridized carbons (Fsp3) is 0.920. The van der Waals surface area contributed by atoms with Gasteiger partial charge in [0.25, 0.3) is 0 Å². The van der Waals surface area contributed by atoms with Gasteiger partial charge in [-0.3, -0.25) is 9.59 Å². The Kier molecular flexibility index (Phi) is 16.4. The first-order valence-electron chi connectivity index (χ1n) is 12.3. The zero-order valence-electron chi connectivity index (χ0n) is 21.1. The van der Waals surface area contributed by atoms with E-state index in [9.17, 15) is 9.59 Å². The summed E-state index contributed by atoms with van der Waals surface area (Å²) in [5.41, 5.74) is 0. The van der Waals surface area contributed by atoms with E-state index in [4.69, 9.17) is 0 Å². The molecule has 0 aromatic heterocycles. The van der Waals surface area contributed by atoms with Gasteiger partial charge in [-0.15, -0.1) is 0 Å². The molecule has 0 heterocycles. The molecule has 0 aliphatic carbocycles. The number of hydrogen-bond donors (Lipinski definition) is 3. The summed E-state index contributed by atoms with van der Waals surface area (Å²) in [6, 6.07) is 1.09. The minimum atomic E-state index is -0.144. The van der Waals surface area contributed by atoms with Crippen molar-refractivity contribution in [2.24, 2.45) is 11.8 Å². The fourth-order valence-corrected chi connectivity index (χ4v) is 3.71. The van der Waals surface area contributed by atoms with E-state index in [2.05, 4.69) is 57.5 Å². The van der Waals surface area contributed by atoms with Crippen LogP contribution in [-0.2, 0) is 9.59 Å². The zero-order valence-corrected chi connectivity index (χ0v) is 21.1. The van der Waals surface area contributed by atoms with Gasteiger partial charge < -0.3 is 16.0 Å². The molecule has 0 spiro atoms. The number of rotatable bonds is 19. The molecule has 5 heteroatoms. The monoisotopic (exact) mass is 425 g/mol. The van der Waals surface area contributed by atoms with Gasteiger partial charge in [0, 0.05) is 36.4 Å². The first kappa shape index (κ1) is 29.2. The van der Waals surface area contributed by atoms with Crippen LogP contribution in [-0.4, -0.2) is 48.8 Å². The number of carbonyl (C=O) groups is 2. The Morgan fingerprint density at radius 3 is 1.60 bits per heavy atom. The number of nitrogens with one attached hydrogen (secondary N) is 3. The Balaban J connectivity index is 4.76. The lowest BCUT2D eigenvalue weighted by atomic mass is 9.85. The van der Waals surface area contributed by atoms with E-state index in [1.807, 2.05) is 13.8 Å². The summed E-state index contributed by atoms with van der Waals surface area (Å²) in [6.07, 6.45) is 6.15. The average Bonchev–Trinajstić information content (AvgIpc) is 2.63. The smallest absolute Gasteiger partial charge is 0.150 e. The Hall–Kier alpha value is -0.780. The SMILES string of the molecule is CC(C)NCCCCC(CC(=O)[C@H](CCCCNC(C)C)NC(C)C)C(=O)C(C)C. The van der Waals surface area contributed by atoms with Crippen LogP contribution < -0.4 is 16.0 Å². The summed E-state index contributed by atoms with van der Waals surface area (Å²) >= 11 is 0. The van der Waals surface area contributed by atoms with Crippen LogP contribution in [0.4, 0.5) is 0 Å². The molecule has 0 fully saturated rings. The number of unbranched alkanes of at least 4 members (excludes halogenated alkanes) is 2. The number of Topliss-reactive ketones (excluding diaryl/α,β-unsaturated/α-hetero) is 2. The van der Waals surface area contributed by atoms with Crippen molar-refractivity contribution in [1.29, 1.82) is 0 Å². The molecule has 0 rings (SSSR count). The average molecular weight is 426 g/mol. The third kappa shape index (κ3) is 15.1. The molecule has 0 amide bonds. The molecule has 30 heavy (non-hydrogen) atoms. The van der Waals surface area contributed by atoms with E-state index in [1.54, 1.807) is 0 Å². The van der Waals surface area contributed by atoms with Gasteiger partial charge in [0.15, 0.2) is 0 Å². The van der Waals surface area contributed by atoms with Crippen LogP contribution in [0.25, 0.3) is 0 Å². The topological polar surface area (TPSA) is 70.2 Å². The highest BCUT2D eigenvalue weighted by molar-refractivity contribution is 5.91. The lowest BCUT2D eigenvalue weighted by Crippen LogP contribution is -2.42. The molecule has 0 aromatic rings. The van der Waals surface area contributed by atoms with E-state index in [0.29, 0.717) is 18.5 Å². The molecule has 0 saturated carbocycles. The summed E-state index contributed by atoms with van der Waals surface area (Å²) in [5.74, 6) is 0.287. The standard InChI is InChI=1S/C25H51N3O2/c1-18(2)25(30)22(13-9-11-15-26-19(3)4)17-24(29)23(28-21(7)8)14-10-12-16-27-20(5)6/h18-23,26-28H,9-17H2,1-8H3/t22?,23-/m0/s1. The second kappa shape index (κ2) is 16.9. The molecule has 0 aliphatic rings. The van der Waals surface area contributed by atoms with Crippen molar-refractivity contribution in [1.82, 2.24) is 16.0 Å². The molecule has 0 radical (unpaired) electrons. The van der Waals surface area contributed by atoms with Gasteiger partial charge >= 0.3 is 0 Å². The summed E-state index contributed by atoms with van der Waals surface area (Å²) in [4.78, 5) is 25.9. The predicted octanol–water partition coefficient (Wildman–Crippen LogP) is 4.49. The van der Waals surface area contributed by atoms with Crippen molar-refractivity contribution in [3.05, 3.63) is 0 Å². The third-order valence-corrected chi connectivity index (χ3v) is 5.35. The molecule has 0 aliphatic heterocycles. The maximum Gasteiger partial charge on any atom is 0.150 e. The van der Waals surface area contributed by atoms with Gasteiger partial charge in [-0.05, 0) is 38.8 Å². The van der Waals surface area contributed by atoms with Crippen LogP contribution in [0.3, 0.4) is 0 Å². The Labute approximate surface area is 186 Å². The van der Waals surface area contributed by atoms with Crippen LogP contribution >= 0.6 is 0 Å². The highest BCUT2D eigenvalue weighted by atomic mass is 16.1. The highest BCUT2D eigenvalue weighted by Crippen LogP contribution is 2.21. The van der Waals surface area contributed by atoms with Gasteiger partial charge in [-0.25, -0.2) is 0 Å². The maximum absolute atomic E-state index is 13.1. The first-order valence-corrected chi connectivity index (χ1v) is 12.3. The van der Waals surface area contributed by atoms with Gasteiger partial charge in [0.1, 0.15) is 11.6 Å². The number of hydrogen-bond acceptors (Lipinski definition) is 5. The largest absolute Gasteiger partial charge is 0.315 e. The molecule has 0 aromatic carbocycles. The lowest BCUT2D eigenvalue weighted by molar-refractivity contribution is -0.131. The summed E-state index contributed by atoms with van der Waals surface area (Å²) in [6.45, 7) is 18.6. The lowest BCUT2D eigenvalue weighted by Gasteiger charge is -2.24. The number of ketones is 2. The van der Waals surface area contributed by atoms with Gasteiger partial charge in [0.05, 0.1) is 6.04 Å². The molecular formula is C25H51N3O2. The molecule has 178 valence electrons. The number of carbonyl (C=O) groups excluding carboxylic acids is 2. The molecule has 3 N–H and O–H groups in total. The third-order valence-electron chi connectivity index (χ3n) is 5.35. The Morgan fingerprint density at radius 2 is 1.17 bits per heavy atom. The Bertz CT molecular complexity index is 461. The molecule has 1 unspecified atom stereocenters. The second-order valence-electron chi connectivity index (χ2n) is 10.0. The first-order chi connectivity index (χ1) is 14.0. The minimum absolute atomic E-state index is 0.0183. The highest BCUT2D eigenvalue weighted by Gasteiger charge is 2.27. The molecule has 0 bridgehead atoms. The quantitative estimate of drug-likeness (QED) is 0.266. The molecular weight excluding hydrogens is 374 g/mol. The van der Waals surface area contributed by atoms with Gasteiger partial charge in [-0.1, -0.05) is 68.2 Å². The van der Waals surface area contributed by atoms with E-state index < -0.39 is 0 Å². The van der Waals surface area contributed by atoms with E-state index in [1.165, 1.54) is 0 Å². The maximum atomic E-state index is 13.1. The zero-order chi connectivity index (χ0) is 23.1. The van der Waals surface area contributed by atoms with Crippen molar-refractivity contribution >= 4 is 11.6 Å². The van der Waals surface area contributed by atoms with E-state index in [0.717, 1.165) is 51.6 Å². The Morgan fingerprint density at radius 1 is 0.667 bits per heavy atom. The van der Waals surface area contributed by atoms with Crippen LogP contribution in [0.5, 0.6) is 0 Å². The molecule has 0 saturated heterocycles. The molecule has 2 atom stereocenters. The van der Waals surface area contributed by atoms with Gasteiger partial charge in [-0.2, -0.15) is 0 Å². The predicted molar refractivity (Wildman–Crippen MR) is 129 cm³/mol. The van der Waals surface area contributed by atoms with Crippen molar-refractivity contribution in [2.45, 2.75) is 125 Å². The summed E-state index contributed by atoms with van der Waals surface area (Å²) < 4.78 is 0. The summed E-state index contributed by atoms with van der Waals surface area (Å²) in [7, 11) is 0. The van der Waals surface area contributed by atoms with Crippen molar-refractivity contribution in [2.75, 3.05) is 13.1 Å². The van der Waals surface area contributed by atoms with Crippen LogP contribution in [0, 0.1) is 11.8 Å². The van der Waals surface area contributed by atoms with Crippen molar-refractivity contribution in [3.63, 3.8) is 0 Å². The van der Waals surface area contributed by atoms with Crippen LogP contribution in [0.15, 0.2) is 0 Å². The normalized spacial score (nSPS) is 14.1. The van der Waals surface area contributed by atoms with E-state index >= 15 is 0 Å².